The highest BCUT2D eigenvalue weighted by atomic mass is 16.5. The smallest absolute Gasteiger partial charge is 0.259 e. The number of hydrogen-bond donors (Lipinski definition) is 1. The number of aromatic nitrogens is 1. The van der Waals surface area contributed by atoms with Crippen molar-refractivity contribution in [3.8, 4) is 5.75 Å². The zero-order valence-corrected chi connectivity index (χ0v) is 10.8. The summed E-state index contributed by atoms with van der Waals surface area (Å²) in [7, 11) is 1.64. The number of ether oxygens (including phenoxy) is 1. The van der Waals surface area contributed by atoms with E-state index in [1.54, 1.807) is 13.2 Å². The Balaban J connectivity index is 2.24. The van der Waals surface area contributed by atoms with Crippen molar-refractivity contribution in [2.45, 2.75) is 0 Å². The molecule has 0 fully saturated rings. The van der Waals surface area contributed by atoms with E-state index in [0.29, 0.717) is 11.0 Å². The summed E-state index contributed by atoms with van der Waals surface area (Å²) in [5, 5.41) is 3.46. The number of H-pyrrole nitrogens is 1. The number of rotatable bonds is 1. The van der Waals surface area contributed by atoms with Crippen LogP contribution in [0.1, 0.15) is 0 Å². The molecule has 4 aromatic rings. The molecule has 2 aromatic carbocycles. The Hall–Kier alpha value is -2.75. The first kappa shape index (κ1) is 11.1. The third-order valence-electron chi connectivity index (χ3n) is 3.62. The molecule has 0 unspecified atom stereocenters. The summed E-state index contributed by atoms with van der Waals surface area (Å²) in [5.41, 5.74) is 1.28. The fraction of sp³-hybridized carbons (Fsp3) is 0.0625. The maximum Gasteiger partial charge on any atom is 0.259 e. The summed E-state index contributed by atoms with van der Waals surface area (Å²) in [6, 6.07) is 11.4. The molecule has 4 nitrogen and oxygen atoms in total. The fourth-order valence-corrected chi connectivity index (χ4v) is 2.64. The van der Waals surface area contributed by atoms with Gasteiger partial charge in [0.2, 0.25) is 0 Å². The summed E-state index contributed by atoms with van der Waals surface area (Å²) in [6.45, 7) is 0. The third kappa shape index (κ3) is 1.39. The van der Waals surface area contributed by atoms with E-state index in [4.69, 9.17) is 9.15 Å². The molecule has 0 aliphatic carbocycles. The molecular formula is C16H11NO3. The van der Waals surface area contributed by atoms with Crippen molar-refractivity contribution in [2.24, 2.45) is 0 Å². The second-order valence-corrected chi connectivity index (χ2v) is 4.69. The van der Waals surface area contributed by atoms with Crippen LogP contribution in [0.25, 0.3) is 32.6 Å². The zero-order chi connectivity index (χ0) is 13.7. The van der Waals surface area contributed by atoms with Gasteiger partial charge in [0.15, 0.2) is 0 Å². The lowest BCUT2D eigenvalue weighted by Crippen LogP contribution is -2.05. The first-order chi connectivity index (χ1) is 9.78. The number of aromatic amines is 1. The molecule has 0 radical (unpaired) electrons. The first-order valence-electron chi connectivity index (χ1n) is 6.28. The van der Waals surface area contributed by atoms with Crippen LogP contribution >= 0.6 is 0 Å². The molecule has 98 valence electrons. The molecule has 4 rings (SSSR count). The van der Waals surface area contributed by atoms with Gasteiger partial charge in [-0.25, -0.2) is 0 Å². The number of fused-ring (bicyclic) bond motifs is 5. The molecule has 0 aliphatic rings. The monoisotopic (exact) mass is 265 g/mol. The molecule has 2 aromatic heterocycles. The van der Waals surface area contributed by atoms with Gasteiger partial charge in [-0.2, -0.15) is 0 Å². The van der Waals surface area contributed by atoms with Crippen molar-refractivity contribution in [1.29, 1.82) is 0 Å². The fourth-order valence-electron chi connectivity index (χ4n) is 2.64. The van der Waals surface area contributed by atoms with Crippen molar-refractivity contribution in [2.75, 3.05) is 7.11 Å². The number of benzene rings is 2. The molecule has 0 saturated carbocycles. The summed E-state index contributed by atoms with van der Waals surface area (Å²) in [4.78, 5) is 15.0. The lowest BCUT2D eigenvalue weighted by Gasteiger charge is -2.06. The first-order valence-corrected chi connectivity index (χ1v) is 6.28. The number of methoxy groups -OCH3 is 1. The SMILES string of the molecule is COc1ccc2c(ccc3c2[nH]c(=O)c2ccoc23)c1. The zero-order valence-electron chi connectivity index (χ0n) is 10.8. The average Bonchev–Trinajstić information content (AvgIpc) is 2.97. The molecule has 0 bridgehead atoms. The van der Waals surface area contributed by atoms with E-state index in [9.17, 15) is 4.79 Å². The summed E-state index contributed by atoms with van der Waals surface area (Å²) < 4.78 is 10.7. The van der Waals surface area contributed by atoms with E-state index in [2.05, 4.69) is 4.98 Å². The van der Waals surface area contributed by atoms with Crippen LogP contribution < -0.4 is 10.3 Å². The molecule has 20 heavy (non-hydrogen) atoms. The van der Waals surface area contributed by atoms with Crippen LogP contribution in [0.5, 0.6) is 5.75 Å². The van der Waals surface area contributed by atoms with Gasteiger partial charge in [0.05, 0.1) is 24.3 Å². The molecule has 0 saturated heterocycles. The Labute approximate surface area is 113 Å². The van der Waals surface area contributed by atoms with Crippen LogP contribution in [-0.4, -0.2) is 12.1 Å². The second kappa shape index (κ2) is 3.87. The molecule has 0 atom stereocenters. The topological polar surface area (TPSA) is 55.2 Å². The highest BCUT2D eigenvalue weighted by molar-refractivity contribution is 6.13. The van der Waals surface area contributed by atoms with Crippen molar-refractivity contribution in [1.82, 2.24) is 4.98 Å². The molecule has 0 aliphatic heterocycles. The number of furan rings is 1. The minimum Gasteiger partial charge on any atom is -0.497 e. The Morgan fingerprint density at radius 3 is 2.75 bits per heavy atom. The molecule has 2 heterocycles. The Kier molecular flexibility index (Phi) is 2.15. The number of pyridine rings is 1. The Morgan fingerprint density at radius 2 is 1.90 bits per heavy atom. The highest BCUT2D eigenvalue weighted by Crippen LogP contribution is 2.30. The minimum atomic E-state index is -0.135. The average molecular weight is 265 g/mol. The van der Waals surface area contributed by atoms with Gasteiger partial charge < -0.3 is 14.1 Å². The second-order valence-electron chi connectivity index (χ2n) is 4.69. The Morgan fingerprint density at radius 1 is 1.05 bits per heavy atom. The van der Waals surface area contributed by atoms with Crippen LogP contribution in [0.2, 0.25) is 0 Å². The lowest BCUT2D eigenvalue weighted by atomic mass is 10.0. The van der Waals surface area contributed by atoms with E-state index in [1.165, 1.54) is 6.26 Å². The van der Waals surface area contributed by atoms with Crippen molar-refractivity contribution >= 4 is 32.6 Å². The van der Waals surface area contributed by atoms with Crippen LogP contribution in [0.3, 0.4) is 0 Å². The van der Waals surface area contributed by atoms with E-state index in [1.807, 2.05) is 30.3 Å². The van der Waals surface area contributed by atoms with Gasteiger partial charge in [0.1, 0.15) is 11.3 Å². The van der Waals surface area contributed by atoms with Gasteiger partial charge >= 0.3 is 0 Å². The highest BCUT2D eigenvalue weighted by Gasteiger charge is 2.10. The molecule has 4 heteroatoms. The third-order valence-corrected chi connectivity index (χ3v) is 3.62. The standard InChI is InChI=1S/C16H11NO3/c1-19-10-3-5-11-9(8-10)2-4-12-14(11)17-16(18)13-6-7-20-15(12)13/h2-8H,1H3,(H,17,18). The van der Waals surface area contributed by atoms with Crippen LogP contribution in [0, 0.1) is 0 Å². The predicted molar refractivity (Wildman–Crippen MR) is 78.4 cm³/mol. The largest absolute Gasteiger partial charge is 0.497 e. The molecule has 0 amide bonds. The van der Waals surface area contributed by atoms with E-state index in [-0.39, 0.29) is 5.56 Å². The van der Waals surface area contributed by atoms with Crippen molar-refractivity contribution in [3.63, 3.8) is 0 Å². The van der Waals surface area contributed by atoms with Gasteiger partial charge in [-0.3, -0.25) is 4.79 Å². The predicted octanol–water partition coefficient (Wildman–Crippen LogP) is 3.44. The quantitative estimate of drug-likeness (QED) is 0.536. The van der Waals surface area contributed by atoms with Gasteiger partial charge in [0, 0.05) is 10.8 Å². The number of hydrogen-bond acceptors (Lipinski definition) is 3. The van der Waals surface area contributed by atoms with E-state index in [0.717, 1.165) is 27.4 Å². The summed E-state index contributed by atoms with van der Waals surface area (Å²) in [5.74, 6) is 0.790. The normalized spacial score (nSPS) is 11.4. The van der Waals surface area contributed by atoms with Crippen LogP contribution in [0.15, 0.2) is 51.9 Å². The Bertz CT molecular complexity index is 1010. The summed E-state index contributed by atoms with van der Waals surface area (Å²) in [6.07, 6.45) is 1.54. The van der Waals surface area contributed by atoms with Crippen molar-refractivity contribution < 1.29 is 9.15 Å². The van der Waals surface area contributed by atoms with E-state index < -0.39 is 0 Å². The van der Waals surface area contributed by atoms with Crippen LogP contribution in [-0.2, 0) is 0 Å². The maximum atomic E-state index is 12.1. The molecule has 1 N–H and O–H groups in total. The van der Waals surface area contributed by atoms with Gasteiger partial charge in [0.25, 0.3) is 5.56 Å². The molecular weight excluding hydrogens is 254 g/mol. The minimum absolute atomic E-state index is 0.135. The molecule has 0 spiro atoms. The van der Waals surface area contributed by atoms with E-state index >= 15 is 0 Å². The van der Waals surface area contributed by atoms with Gasteiger partial charge in [-0.1, -0.05) is 6.07 Å². The summed E-state index contributed by atoms with van der Waals surface area (Å²) >= 11 is 0. The van der Waals surface area contributed by atoms with Crippen LogP contribution in [0.4, 0.5) is 0 Å². The van der Waals surface area contributed by atoms with Crippen molar-refractivity contribution in [3.05, 3.63) is 53.0 Å². The lowest BCUT2D eigenvalue weighted by molar-refractivity contribution is 0.415. The number of nitrogens with one attached hydrogen (secondary N) is 1. The van der Waals surface area contributed by atoms with Gasteiger partial charge in [-0.15, -0.1) is 0 Å². The van der Waals surface area contributed by atoms with Gasteiger partial charge in [-0.05, 0) is 35.7 Å². The maximum absolute atomic E-state index is 12.1.